The Bertz CT molecular complexity index is 575. The van der Waals surface area contributed by atoms with Crippen molar-refractivity contribution >= 4 is 38.9 Å². The monoisotopic (exact) mass is 342 g/mol. The molecule has 1 atom stereocenters. The topological polar surface area (TPSA) is 38.9 Å². The standard InChI is InChI=1S/C13H12BrClN2S/c14-9-5-4-7(15)6-8(9)12(16)13-17-10-2-1-3-11(10)18-13/h4-6,12H,1-3,16H2. The maximum atomic E-state index is 6.31. The Labute approximate surface area is 123 Å². The van der Waals surface area contributed by atoms with Crippen molar-refractivity contribution in [3.63, 3.8) is 0 Å². The van der Waals surface area contributed by atoms with Crippen molar-refractivity contribution in [3.8, 4) is 0 Å². The van der Waals surface area contributed by atoms with Gasteiger partial charge in [0, 0.05) is 14.4 Å². The van der Waals surface area contributed by atoms with Crippen molar-refractivity contribution in [2.24, 2.45) is 5.73 Å². The van der Waals surface area contributed by atoms with Gasteiger partial charge in [0.1, 0.15) is 5.01 Å². The van der Waals surface area contributed by atoms with Gasteiger partial charge in [-0.25, -0.2) is 4.98 Å². The van der Waals surface area contributed by atoms with Gasteiger partial charge in [-0.2, -0.15) is 0 Å². The van der Waals surface area contributed by atoms with E-state index in [1.807, 2.05) is 18.2 Å². The molecule has 0 aliphatic heterocycles. The Morgan fingerprint density at radius 3 is 3.00 bits per heavy atom. The van der Waals surface area contributed by atoms with Gasteiger partial charge in [-0.1, -0.05) is 27.5 Å². The minimum atomic E-state index is -0.200. The highest BCUT2D eigenvalue weighted by molar-refractivity contribution is 9.10. The van der Waals surface area contributed by atoms with Crippen molar-refractivity contribution in [1.29, 1.82) is 0 Å². The van der Waals surface area contributed by atoms with E-state index in [-0.39, 0.29) is 6.04 Å². The molecule has 0 radical (unpaired) electrons. The molecular formula is C13H12BrClN2S. The first kappa shape index (κ1) is 12.6. The number of nitrogens with zero attached hydrogens (tertiary/aromatic N) is 1. The summed E-state index contributed by atoms with van der Waals surface area (Å²) in [6.07, 6.45) is 3.47. The first-order valence-electron chi connectivity index (χ1n) is 5.84. The minimum Gasteiger partial charge on any atom is -0.318 e. The third-order valence-electron chi connectivity index (χ3n) is 3.17. The molecule has 0 saturated carbocycles. The van der Waals surface area contributed by atoms with E-state index in [0.717, 1.165) is 27.9 Å². The van der Waals surface area contributed by atoms with Crippen LogP contribution in [0.25, 0.3) is 0 Å². The number of rotatable bonds is 2. The second kappa shape index (κ2) is 4.93. The van der Waals surface area contributed by atoms with Crippen LogP contribution in [0.15, 0.2) is 22.7 Å². The molecule has 1 aromatic heterocycles. The molecule has 18 heavy (non-hydrogen) atoms. The number of hydrogen-bond acceptors (Lipinski definition) is 3. The van der Waals surface area contributed by atoms with Gasteiger partial charge in [0.25, 0.3) is 0 Å². The van der Waals surface area contributed by atoms with Crippen LogP contribution in [0.2, 0.25) is 5.02 Å². The van der Waals surface area contributed by atoms with Gasteiger partial charge in [0.05, 0.1) is 11.7 Å². The normalized spacial score (nSPS) is 15.7. The summed E-state index contributed by atoms with van der Waals surface area (Å²) in [7, 11) is 0. The second-order valence-electron chi connectivity index (χ2n) is 4.42. The van der Waals surface area contributed by atoms with Crippen molar-refractivity contribution in [1.82, 2.24) is 4.98 Å². The third kappa shape index (κ3) is 2.23. The lowest BCUT2D eigenvalue weighted by Crippen LogP contribution is -2.12. The van der Waals surface area contributed by atoms with Crippen LogP contribution in [0.5, 0.6) is 0 Å². The number of nitrogens with two attached hydrogens (primary N) is 1. The third-order valence-corrected chi connectivity index (χ3v) is 5.37. The smallest absolute Gasteiger partial charge is 0.114 e. The molecule has 1 aromatic carbocycles. The van der Waals surface area contributed by atoms with Crippen LogP contribution >= 0.6 is 38.9 Å². The molecule has 2 nitrogen and oxygen atoms in total. The van der Waals surface area contributed by atoms with E-state index in [1.165, 1.54) is 17.0 Å². The van der Waals surface area contributed by atoms with Crippen LogP contribution in [0.3, 0.4) is 0 Å². The lowest BCUT2D eigenvalue weighted by molar-refractivity contribution is 0.830. The lowest BCUT2D eigenvalue weighted by atomic mass is 10.1. The molecular weight excluding hydrogens is 332 g/mol. The molecule has 1 aliphatic carbocycles. The van der Waals surface area contributed by atoms with E-state index < -0.39 is 0 Å². The van der Waals surface area contributed by atoms with Crippen LogP contribution in [-0.4, -0.2) is 4.98 Å². The Balaban J connectivity index is 1.98. The molecule has 1 unspecified atom stereocenters. The van der Waals surface area contributed by atoms with Gasteiger partial charge in [0.15, 0.2) is 0 Å². The van der Waals surface area contributed by atoms with Gasteiger partial charge in [-0.15, -0.1) is 11.3 Å². The molecule has 2 aromatic rings. The predicted octanol–water partition coefficient (Wildman–Crippen LogP) is 4.10. The molecule has 3 rings (SSSR count). The maximum Gasteiger partial charge on any atom is 0.114 e. The van der Waals surface area contributed by atoms with E-state index in [9.17, 15) is 0 Å². The molecule has 0 saturated heterocycles. The van der Waals surface area contributed by atoms with Crippen molar-refractivity contribution in [2.45, 2.75) is 25.3 Å². The summed E-state index contributed by atoms with van der Waals surface area (Å²) in [5, 5.41) is 1.69. The summed E-state index contributed by atoms with van der Waals surface area (Å²) in [5.41, 5.74) is 8.54. The Kier molecular flexibility index (Phi) is 3.45. The summed E-state index contributed by atoms with van der Waals surface area (Å²) < 4.78 is 0.981. The number of benzene rings is 1. The average Bonchev–Trinajstić information content (AvgIpc) is 2.91. The zero-order chi connectivity index (χ0) is 12.7. The lowest BCUT2D eigenvalue weighted by Gasteiger charge is -2.11. The molecule has 1 aliphatic rings. The van der Waals surface area contributed by atoms with Gasteiger partial charge in [-0.3, -0.25) is 0 Å². The fourth-order valence-corrected chi connectivity index (χ4v) is 4.08. The summed E-state index contributed by atoms with van der Waals surface area (Å²) in [6, 6.07) is 5.49. The molecule has 94 valence electrons. The Morgan fingerprint density at radius 2 is 2.22 bits per heavy atom. The van der Waals surface area contributed by atoms with Gasteiger partial charge >= 0.3 is 0 Å². The molecule has 1 heterocycles. The first-order valence-corrected chi connectivity index (χ1v) is 7.83. The number of halogens is 2. The van der Waals surface area contributed by atoms with Crippen molar-refractivity contribution in [3.05, 3.63) is 48.8 Å². The van der Waals surface area contributed by atoms with E-state index in [4.69, 9.17) is 17.3 Å². The molecule has 0 fully saturated rings. The summed E-state index contributed by atoms with van der Waals surface area (Å²) in [6.45, 7) is 0. The van der Waals surface area contributed by atoms with E-state index in [0.29, 0.717) is 5.02 Å². The highest BCUT2D eigenvalue weighted by Crippen LogP contribution is 2.35. The fourth-order valence-electron chi connectivity index (χ4n) is 2.23. The van der Waals surface area contributed by atoms with Gasteiger partial charge in [-0.05, 0) is 43.0 Å². The van der Waals surface area contributed by atoms with Gasteiger partial charge in [0.2, 0.25) is 0 Å². The molecule has 5 heteroatoms. The van der Waals surface area contributed by atoms with Crippen LogP contribution < -0.4 is 5.73 Å². The minimum absolute atomic E-state index is 0.200. The largest absolute Gasteiger partial charge is 0.318 e. The average molecular weight is 344 g/mol. The second-order valence-corrected chi connectivity index (χ2v) is 6.83. The number of thiazole rings is 1. The molecule has 0 bridgehead atoms. The summed E-state index contributed by atoms with van der Waals surface area (Å²) >= 11 is 11.3. The predicted molar refractivity (Wildman–Crippen MR) is 79.3 cm³/mol. The Hall–Kier alpha value is -0.420. The van der Waals surface area contributed by atoms with E-state index in [1.54, 1.807) is 11.3 Å². The maximum absolute atomic E-state index is 6.31. The summed E-state index contributed by atoms with van der Waals surface area (Å²) in [4.78, 5) is 6.07. The number of aryl methyl sites for hydroxylation is 2. The number of aromatic nitrogens is 1. The SMILES string of the molecule is NC(c1nc2c(s1)CCC2)c1cc(Cl)ccc1Br. The zero-order valence-corrected chi connectivity index (χ0v) is 12.8. The zero-order valence-electron chi connectivity index (χ0n) is 9.62. The quantitative estimate of drug-likeness (QED) is 0.891. The molecule has 0 spiro atoms. The van der Waals surface area contributed by atoms with Crippen LogP contribution in [0.4, 0.5) is 0 Å². The molecule has 0 amide bonds. The fraction of sp³-hybridized carbons (Fsp3) is 0.308. The molecule has 2 N–H and O–H groups in total. The van der Waals surface area contributed by atoms with E-state index >= 15 is 0 Å². The van der Waals surface area contributed by atoms with Crippen LogP contribution in [-0.2, 0) is 12.8 Å². The van der Waals surface area contributed by atoms with Crippen LogP contribution in [0, 0.1) is 0 Å². The number of hydrogen-bond donors (Lipinski definition) is 1. The Morgan fingerprint density at radius 1 is 1.39 bits per heavy atom. The van der Waals surface area contributed by atoms with E-state index in [2.05, 4.69) is 20.9 Å². The van der Waals surface area contributed by atoms with Crippen molar-refractivity contribution in [2.75, 3.05) is 0 Å². The highest BCUT2D eigenvalue weighted by Gasteiger charge is 2.22. The first-order chi connectivity index (χ1) is 8.65. The van der Waals surface area contributed by atoms with Gasteiger partial charge < -0.3 is 5.73 Å². The van der Waals surface area contributed by atoms with Crippen LogP contribution in [0.1, 0.15) is 33.6 Å². The highest BCUT2D eigenvalue weighted by atomic mass is 79.9. The summed E-state index contributed by atoms with van der Waals surface area (Å²) in [5.74, 6) is 0. The number of fused-ring (bicyclic) bond motifs is 1. The van der Waals surface area contributed by atoms with Crippen molar-refractivity contribution < 1.29 is 0 Å².